The number of fused-ring (bicyclic) bond motifs is 4. The third-order valence-corrected chi connectivity index (χ3v) is 10.8. The van der Waals surface area contributed by atoms with E-state index in [0.717, 1.165) is 0 Å². The lowest BCUT2D eigenvalue weighted by Gasteiger charge is -2.46. The van der Waals surface area contributed by atoms with Gasteiger partial charge in [0.15, 0.2) is 23.6 Å². The molecule has 3 aliphatic rings. The molecule has 39 heavy (non-hydrogen) atoms. The lowest BCUT2D eigenvalue weighted by Crippen LogP contribution is -2.51. The molecule has 0 amide bonds. The third kappa shape index (κ3) is 4.35. The highest BCUT2D eigenvalue weighted by Crippen LogP contribution is 2.66. The predicted molar refractivity (Wildman–Crippen MR) is 144 cm³/mol. The number of ketones is 1. The second-order valence-corrected chi connectivity index (χ2v) is 13.0. The minimum Gasteiger partial charge on any atom is -0.507 e. The zero-order valence-corrected chi connectivity index (χ0v) is 23.5. The summed E-state index contributed by atoms with van der Waals surface area (Å²) in [6.45, 7) is 5.05. The maximum Gasteiger partial charge on any atom is 0.303 e. The predicted octanol–water partition coefficient (Wildman–Crippen LogP) is 4.19. The minimum absolute atomic E-state index is 0.0664. The Hall–Kier alpha value is -3.18. The molecule has 0 bridgehead atoms. The normalized spacial score (nSPS) is 24.2. The summed E-state index contributed by atoms with van der Waals surface area (Å²) in [4.78, 5) is 49.7. The molecule has 2 N–H and O–H groups in total. The first-order valence-electron chi connectivity index (χ1n) is 12.4. The second kappa shape index (κ2) is 9.78. The van der Waals surface area contributed by atoms with Crippen LogP contribution in [0.3, 0.4) is 0 Å². The number of phenols is 2. The van der Waals surface area contributed by atoms with Crippen LogP contribution in [0.4, 0.5) is 0 Å². The molecule has 0 aromatic heterocycles. The van der Waals surface area contributed by atoms with Crippen LogP contribution >= 0.6 is 23.5 Å². The Bertz CT molecular complexity index is 1410. The number of esters is 3. The SMILES string of the molecule is CC(=O)OC1c2ccccc2C(OC(C)=O)c2c(O)c3c(c(O)c21)CC(OC(C)=O)(C(C)=O)CC31SCCS1. The van der Waals surface area contributed by atoms with E-state index in [-0.39, 0.29) is 46.8 Å². The van der Waals surface area contributed by atoms with Crippen molar-refractivity contribution in [1.82, 2.24) is 0 Å². The fourth-order valence-electron chi connectivity index (χ4n) is 5.98. The van der Waals surface area contributed by atoms with Crippen molar-refractivity contribution in [2.75, 3.05) is 11.5 Å². The number of benzene rings is 2. The van der Waals surface area contributed by atoms with Crippen molar-refractivity contribution >= 4 is 47.2 Å². The standard InChI is InChI=1S/C28H28O9S2/c1-13(29)27(37-16(4)32)11-19-22(28(12-27)38-9-10-39-28)24(34)21-20(23(19)33)25(35-14(2)30)17-7-5-6-8-18(17)26(21)36-15(3)31/h5-8,25-26,33-34H,9-12H2,1-4H3. The van der Waals surface area contributed by atoms with Crippen LogP contribution in [0.5, 0.6) is 11.5 Å². The molecule has 1 fully saturated rings. The number of ether oxygens (including phenoxy) is 3. The van der Waals surface area contributed by atoms with Crippen molar-refractivity contribution in [2.24, 2.45) is 0 Å². The van der Waals surface area contributed by atoms with Gasteiger partial charge in [-0.25, -0.2) is 0 Å². The molecule has 9 nitrogen and oxygen atoms in total. The van der Waals surface area contributed by atoms with Crippen LogP contribution in [-0.2, 0) is 43.9 Å². The van der Waals surface area contributed by atoms with Crippen LogP contribution in [0.2, 0.25) is 0 Å². The van der Waals surface area contributed by atoms with E-state index in [1.54, 1.807) is 24.3 Å². The van der Waals surface area contributed by atoms with Gasteiger partial charge in [-0.05, 0) is 6.92 Å². The topological polar surface area (TPSA) is 136 Å². The maximum absolute atomic E-state index is 13.1. The summed E-state index contributed by atoms with van der Waals surface area (Å²) in [5.74, 6) is -1.37. The lowest BCUT2D eigenvalue weighted by atomic mass is 9.71. The lowest BCUT2D eigenvalue weighted by molar-refractivity contribution is -0.166. The van der Waals surface area contributed by atoms with Crippen molar-refractivity contribution in [1.29, 1.82) is 0 Å². The first kappa shape index (κ1) is 27.4. The van der Waals surface area contributed by atoms with Gasteiger partial charge >= 0.3 is 17.9 Å². The van der Waals surface area contributed by atoms with Gasteiger partial charge in [0.25, 0.3) is 0 Å². The average Bonchev–Trinajstić information content (AvgIpc) is 3.30. The summed E-state index contributed by atoms with van der Waals surface area (Å²) in [7, 11) is 0. The molecule has 3 atom stereocenters. The van der Waals surface area contributed by atoms with E-state index >= 15 is 0 Å². The van der Waals surface area contributed by atoms with Crippen molar-refractivity contribution in [3.8, 4) is 11.5 Å². The zero-order chi connectivity index (χ0) is 28.3. The number of Topliss-reactive ketones (excluding diaryl/α,β-unsaturated/α-hetero) is 1. The van der Waals surface area contributed by atoms with Crippen molar-refractivity contribution < 1.29 is 43.6 Å². The molecule has 2 aromatic rings. The number of carbonyl (C=O) groups is 4. The summed E-state index contributed by atoms with van der Waals surface area (Å²) in [5.41, 5.74) is 0.241. The van der Waals surface area contributed by atoms with Gasteiger partial charge < -0.3 is 24.4 Å². The minimum atomic E-state index is -1.57. The monoisotopic (exact) mass is 572 g/mol. The summed E-state index contributed by atoms with van der Waals surface area (Å²) >= 11 is 2.99. The van der Waals surface area contributed by atoms with E-state index in [1.807, 2.05) is 0 Å². The number of thioether (sulfide) groups is 2. The van der Waals surface area contributed by atoms with Gasteiger partial charge in [-0.3, -0.25) is 19.2 Å². The molecule has 1 saturated heterocycles. The average molecular weight is 573 g/mol. The number of rotatable bonds is 4. The number of hydrogen-bond acceptors (Lipinski definition) is 11. The van der Waals surface area contributed by atoms with Gasteiger partial charge in [-0.2, -0.15) is 0 Å². The molecule has 5 rings (SSSR count). The van der Waals surface area contributed by atoms with Crippen molar-refractivity contribution in [3.05, 3.63) is 57.6 Å². The van der Waals surface area contributed by atoms with E-state index in [9.17, 15) is 29.4 Å². The molecule has 2 aliphatic carbocycles. The zero-order valence-electron chi connectivity index (χ0n) is 21.9. The summed E-state index contributed by atoms with van der Waals surface area (Å²) in [5, 5.41) is 24.0. The highest BCUT2D eigenvalue weighted by molar-refractivity contribution is 8.20. The molecule has 1 aliphatic heterocycles. The van der Waals surface area contributed by atoms with Gasteiger partial charge in [-0.1, -0.05) is 24.3 Å². The van der Waals surface area contributed by atoms with Crippen LogP contribution < -0.4 is 0 Å². The first-order chi connectivity index (χ1) is 18.4. The Labute approximate surface area is 233 Å². The quantitative estimate of drug-likeness (QED) is 0.310. The largest absolute Gasteiger partial charge is 0.507 e. The Morgan fingerprint density at radius 2 is 1.33 bits per heavy atom. The summed E-state index contributed by atoms with van der Waals surface area (Å²) in [6.07, 6.45) is -2.30. The van der Waals surface area contributed by atoms with E-state index in [0.29, 0.717) is 28.2 Å². The van der Waals surface area contributed by atoms with Gasteiger partial charge in [0.1, 0.15) is 11.5 Å². The molecular formula is C28H28O9S2. The van der Waals surface area contributed by atoms with Gasteiger partial charge in [-0.15, -0.1) is 23.5 Å². The summed E-state index contributed by atoms with van der Waals surface area (Å²) in [6, 6.07) is 6.88. The van der Waals surface area contributed by atoms with E-state index in [4.69, 9.17) is 14.2 Å². The Morgan fingerprint density at radius 3 is 1.79 bits per heavy atom. The number of aromatic hydroxyl groups is 2. The van der Waals surface area contributed by atoms with Gasteiger partial charge in [0.2, 0.25) is 0 Å². The van der Waals surface area contributed by atoms with Crippen LogP contribution in [-0.4, -0.2) is 51.0 Å². The van der Waals surface area contributed by atoms with Gasteiger partial charge in [0, 0.05) is 67.4 Å². The van der Waals surface area contributed by atoms with Crippen LogP contribution in [0.25, 0.3) is 0 Å². The Kier molecular flexibility index (Phi) is 6.87. The molecule has 0 radical (unpaired) electrons. The fourth-order valence-corrected chi connectivity index (χ4v) is 9.54. The number of hydrogen-bond donors (Lipinski definition) is 2. The second-order valence-electron chi connectivity index (χ2n) is 9.93. The van der Waals surface area contributed by atoms with Crippen LogP contribution in [0.1, 0.15) is 79.7 Å². The molecule has 3 unspecified atom stereocenters. The first-order valence-corrected chi connectivity index (χ1v) is 14.4. The molecule has 0 saturated carbocycles. The number of phenolic OH excluding ortho intramolecular Hbond substituents is 2. The van der Waals surface area contributed by atoms with E-state index < -0.39 is 39.8 Å². The smallest absolute Gasteiger partial charge is 0.303 e. The van der Waals surface area contributed by atoms with Crippen molar-refractivity contribution in [2.45, 2.75) is 62.4 Å². The van der Waals surface area contributed by atoms with E-state index in [1.165, 1.54) is 51.2 Å². The highest BCUT2D eigenvalue weighted by Gasteiger charge is 2.58. The molecule has 1 spiro atoms. The molecule has 1 heterocycles. The van der Waals surface area contributed by atoms with Crippen LogP contribution in [0.15, 0.2) is 24.3 Å². The fraction of sp³-hybridized carbons (Fsp3) is 0.429. The Balaban J connectivity index is 1.86. The van der Waals surface area contributed by atoms with Crippen LogP contribution in [0, 0.1) is 0 Å². The maximum atomic E-state index is 13.1. The molecule has 2 aromatic carbocycles. The summed E-state index contributed by atoms with van der Waals surface area (Å²) < 4.78 is 16.2. The number of carbonyl (C=O) groups excluding carboxylic acids is 4. The van der Waals surface area contributed by atoms with Gasteiger partial charge in [0.05, 0.1) is 15.2 Å². The van der Waals surface area contributed by atoms with E-state index in [2.05, 4.69) is 0 Å². The van der Waals surface area contributed by atoms with Crippen molar-refractivity contribution in [3.63, 3.8) is 0 Å². The Morgan fingerprint density at radius 1 is 0.821 bits per heavy atom. The highest BCUT2D eigenvalue weighted by atomic mass is 32.2. The molecule has 206 valence electrons. The third-order valence-electron chi connectivity index (χ3n) is 7.37. The molecule has 11 heteroatoms. The molecular weight excluding hydrogens is 544 g/mol.